The normalized spacial score (nSPS) is 14.3. The number of fused-ring (bicyclic) bond motifs is 2. The average Bonchev–Trinajstić information content (AvgIpc) is 3.55. The molecule has 9 nitrogen and oxygen atoms in total. The molecule has 0 unspecified atom stereocenters. The van der Waals surface area contributed by atoms with Gasteiger partial charge in [0.15, 0.2) is 0 Å². The number of hydrogen-bond acceptors (Lipinski definition) is 7. The predicted molar refractivity (Wildman–Crippen MR) is 153 cm³/mol. The Morgan fingerprint density at radius 1 is 1.02 bits per heavy atom. The van der Waals surface area contributed by atoms with E-state index in [0.717, 1.165) is 57.4 Å². The summed E-state index contributed by atoms with van der Waals surface area (Å²) in [6, 6.07) is 19.6. The van der Waals surface area contributed by atoms with Gasteiger partial charge in [0.25, 0.3) is 0 Å². The van der Waals surface area contributed by atoms with E-state index in [9.17, 15) is 4.39 Å². The molecule has 200 valence electrons. The van der Waals surface area contributed by atoms with Gasteiger partial charge in [-0.05, 0) is 61.9 Å². The molecule has 6 aromatic rings. The van der Waals surface area contributed by atoms with E-state index in [0.29, 0.717) is 24.4 Å². The van der Waals surface area contributed by atoms with E-state index in [1.165, 1.54) is 12.1 Å². The van der Waals surface area contributed by atoms with Crippen molar-refractivity contribution in [3.63, 3.8) is 0 Å². The molecule has 3 aromatic heterocycles. The van der Waals surface area contributed by atoms with Crippen LogP contribution in [0.3, 0.4) is 0 Å². The van der Waals surface area contributed by atoms with Crippen molar-refractivity contribution in [2.24, 2.45) is 0 Å². The van der Waals surface area contributed by atoms with Crippen molar-refractivity contribution in [3.8, 4) is 11.3 Å². The van der Waals surface area contributed by atoms with Gasteiger partial charge in [-0.3, -0.25) is 9.58 Å². The van der Waals surface area contributed by atoms with Crippen LogP contribution in [0.5, 0.6) is 0 Å². The highest BCUT2D eigenvalue weighted by atomic mass is 19.1. The lowest BCUT2D eigenvalue weighted by Gasteiger charge is -2.41. The maximum absolute atomic E-state index is 13.6. The Morgan fingerprint density at radius 3 is 2.77 bits per heavy atom. The van der Waals surface area contributed by atoms with Crippen molar-refractivity contribution in [1.82, 2.24) is 39.6 Å². The van der Waals surface area contributed by atoms with E-state index in [2.05, 4.69) is 55.5 Å². The van der Waals surface area contributed by atoms with Gasteiger partial charge in [-0.2, -0.15) is 5.10 Å². The number of aromatic nitrogens is 7. The van der Waals surface area contributed by atoms with E-state index >= 15 is 0 Å². The number of hydrogen-bond donors (Lipinski definition) is 1. The minimum absolute atomic E-state index is 0.248. The molecule has 3 aromatic carbocycles. The van der Waals surface area contributed by atoms with Crippen LogP contribution in [0.2, 0.25) is 0 Å². The molecule has 1 fully saturated rings. The molecule has 0 radical (unpaired) electrons. The van der Waals surface area contributed by atoms with E-state index in [-0.39, 0.29) is 5.82 Å². The summed E-state index contributed by atoms with van der Waals surface area (Å²) in [6.45, 7) is 6.91. The summed E-state index contributed by atoms with van der Waals surface area (Å²) < 4.78 is 17.5. The van der Waals surface area contributed by atoms with Gasteiger partial charge in [0.1, 0.15) is 23.7 Å². The Balaban J connectivity index is 1.14. The van der Waals surface area contributed by atoms with E-state index in [1.54, 1.807) is 12.4 Å². The molecular formula is C30H28FN9. The van der Waals surface area contributed by atoms with Gasteiger partial charge in [-0.25, -0.2) is 19.0 Å². The topological polar surface area (TPSA) is 89.6 Å². The lowest BCUT2D eigenvalue weighted by atomic mass is 10.1. The first-order chi connectivity index (χ1) is 19.5. The minimum atomic E-state index is -0.248. The van der Waals surface area contributed by atoms with E-state index < -0.39 is 0 Å². The highest BCUT2D eigenvalue weighted by Gasteiger charge is 2.30. The number of halogens is 1. The van der Waals surface area contributed by atoms with Crippen LogP contribution in [0.1, 0.15) is 25.5 Å². The Kier molecular flexibility index (Phi) is 5.96. The van der Waals surface area contributed by atoms with Crippen LogP contribution in [-0.4, -0.2) is 58.8 Å². The fraction of sp³-hybridized carbons (Fsp3) is 0.233. The van der Waals surface area contributed by atoms with Gasteiger partial charge >= 0.3 is 0 Å². The zero-order chi connectivity index (χ0) is 27.2. The van der Waals surface area contributed by atoms with Crippen molar-refractivity contribution < 1.29 is 4.39 Å². The van der Waals surface area contributed by atoms with Gasteiger partial charge in [0, 0.05) is 41.2 Å². The Labute approximate surface area is 230 Å². The molecule has 10 heteroatoms. The summed E-state index contributed by atoms with van der Waals surface area (Å²) in [6.07, 6.45) is 5.41. The minimum Gasteiger partial charge on any atom is -0.340 e. The second kappa shape index (κ2) is 9.80. The SMILES string of the molecule is CC(C)N1CC(n2cc(-c3ccc4ncnc(Nc5ccc6c(cnn6Cc6cccc(F)c6)c5)c4c3)nn2)C1. The highest BCUT2D eigenvalue weighted by molar-refractivity contribution is 5.94. The summed E-state index contributed by atoms with van der Waals surface area (Å²) in [7, 11) is 0. The van der Waals surface area contributed by atoms with Crippen molar-refractivity contribution in [2.75, 3.05) is 18.4 Å². The highest BCUT2D eigenvalue weighted by Crippen LogP contribution is 2.30. The lowest BCUT2D eigenvalue weighted by Crippen LogP contribution is -2.51. The van der Waals surface area contributed by atoms with Gasteiger partial charge in [-0.1, -0.05) is 23.4 Å². The molecule has 1 aliphatic heterocycles. The van der Waals surface area contributed by atoms with E-state index in [1.807, 2.05) is 58.2 Å². The molecule has 4 heterocycles. The molecule has 1 aliphatic rings. The number of rotatable bonds is 7. The summed E-state index contributed by atoms with van der Waals surface area (Å²) >= 11 is 0. The summed E-state index contributed by atoms with van der Waals surface area (Å²) in [4.78, 5) is 11.4. The first-order valence-corrected chi connectivity index (χ1v) is 13.4. The van der Waals surface area contributed by atoms with Crippen LogP contribution in [0.25, 0.3) is 33.1 Å². The molecule has 1 N–H and O–H groups in total. The average molecular weight is 534 g/mol. The molecule has 0 atom stereocenters. The molecule has 7 rings (SSSR count). The smallest absolute Gasteiger partial charge is 0.141 e. The quantitative estimate of drug-likeness (QED) is 0.293. The molecule has 0 amide bonds. The van der Waals surface area contributed by atoms with Crippen LogP contribution in [0, 0.1) is 5.82 Å². The van der Waals surface area contributed by atoms with Crippen LogP contribution < -0.4 is 5.32 Å². The van der Waals surface area contributed by atoms with Gasteiger partial charge in [-0.15, -0.1) is 5.10 Å². The zero-order valence-electron chi connectivity index (χ0n) is 22.2. The first-order valence-electron chi connectivity index (χ1n) is 13.4. The van der Waals surface area contributed by atoms with Crippen LogP contribution >= 0.6 is 0 Å². The number of nitrogens with one attached hydrogen (secondary N) is 1. The standard InChI is InChI=1S/C30H28FN9/c1-19(2)38-15-25(16-38)39-17-28(36-37-39)21-6-8-27-26(12-21)30(33-18-32-27)35-24-7-9-29-22(11-24)13-34-40(29)14-20-4-3-5-23(31)10-20/h3-13,17-19,25H,14-16H2,1-2H3,(H,32,33,35). The third-order valence-electron chi connectivity index (χ3n) is 7.56. The van der Waals surface area contributed by atoms with Crippen LogP contribution in [0.15, 0.2) is 79.4 Å². The molecule has 0 bridgehead atoms. The molecule has 0 saturated carbocycles. The second-order valence-electron chi connectivity index (χ2n) is 10.6. The summed E-state index contributed by atoms with van der Waals surface area (Å²) in [5.74, 6) is 0.457. The maximum Gasteiger partial charge on any atom is 0.141 e. The van der Waals surface area contributed by atoms with Crippen molar-refractivity contribution in [2.45, 2.75) is 32.5 Å². The van der Waals surface area contributed by atoms with Crippen LogP contribution in [-0.2, 0) is 6.54 Å². The number of benzene rings is 3. The third kappa shape index (κ3) is 4.56. The predicted octanol–water partition coefficient (Wildman–Crippen LogP) is 5.43. The largest absolute Gasteiger partial charge is 0.340 e. The van der Waals surface area contributed by atoms with Crippen molar-refractivity contribution in [3.05, 3.63) is 90.8 Å². The van der Waals surface area contributed by atoms with Gasteiger partial charge in [0.2, 0.25) is 0 Å². The van der Waals surface area contributed by atoms with Crippen molar-refractivity contribution >= 4 is 33.3 Å². The van der Waals surface area contributed by atoms with Crippen LogP contribution in [0.4, 0.5) is 15.9 Å². The monoisotopic (exact) mass is 533 g/mol. The molecule has 0 spiro atoms. The number of nitrogens with zero attached hydrogens (tertiary/aromatic N) is 8. The van der Waals surface area contributed by atoms with Gasteiger partial charge < -0.3 is 5.32 Å². The molecule has 1 saturated heterocycles. The Morgan fingerprint density at radius 2 is 1.93 bits per heavy atom. The fourth-order valence-corrected chi connectivity index (χ4v) is 5.22. The van der Waals surface area contributed by atoms with E-state index in [4.69, 9.17) is 0 Å². The van der Waals surface area contributed by atoms with Gasteiger partial charge in [0.05, 0.1) is 36.0 Å². The van der Waals surface area contributed by atoms with Crippen molar-refractivity contribution in [1.29, 1.82) is 0 Å². The third-order valence-corrected chi connectivity index (χ3v) is 7.56. The molecule has 40 heavy (non-hydrogen) atoms. The summed E-state index contributed by atoms with van der Waals surface area (Å²) in [5.41, 5.74) is 5.34. The fourth-order valence-electron chi connectivity index (χ4n) is 5.22. The number of likely N-dealkylation sites (tertiary alicyclic amines) is 1. The Hall–Kier alpha value is -4.70. The zero-order valence-corrected chi connectivity index (χ0v) is 22.2. The Bertz CT molecular complexity index is 1830. The maximum atomic E-state index is 13.6. The number of anilines is 2. The second-order valence-corrected chi connectivity index (χ2v) is 10.6. The molecular weight excluding hydrogens is 505 g/mol. The summed E-state index contributed by atoms with van der Waals surface area (Å²) in [5, 5.41) is 18.7. The first kappa shape index (κ1) is 24.3. The lowest BCUT2D eigenvalue weighted by molar-refractivity contribution is 0.0664. The molecule has 0 aliphatic carbocycles.